The molecule has 1 heterocycles. The summed E-state index contributed by atoms with van der Waals surface area (Å²) in [4.78, 5) is 12.2. The van der Waals surface area contributed by atoms with Gasteiger partial charge in [-0.2, -0.15) is 0 Å². The number of fused-ring (bicyclic) bond motifs is 1. The second-order valence-corrected chi connectivity index (χ2v) is 5.62. The summed E-state index contributed by atoms with van der Waals surface area (Å²) in [6.07, 6.45) is 0.875. The molecule has 0 atom stereocenters. The van der Waals surface area contributed by atoms with Crippen molar-refractivity contribution in [3.8, 4) is 11.5 Å². The fraction of sp³-hybridized carbons (Fsp3) is 0.350. The zero-order chi connectivity index (χ0) is 18.1. The minimum atomic E-state index is -0.405. The smallest absolute Gasteiger partial charge is 0.342 e. The molecule has 142 valence electrons. The van der Waals surface area contributed by atoms with Crippen LogP contribution in [-0.2, 0) is 11.3 Å². The molecule has 0 amide bonds. The van der Waals surface area contributed by atoms with Gasteiger partial charge in [-0.15, -0.1) is 0 Å². The number of esters is 1. The molecule has 0 unspecified atom stereocenters. The molecule has 0 saturated carbocycles. The number of para-hydroxylation sites is 1. The first-order valence-electron chi connectivity index (χ1n) is 8.37. The SMILES string of the molecule is CCCO.Cc1ccc(COC(=O)c2cccc3c2OCCO3)cc1.O. The zero-order valence-electron chi connectivity index (χ0n) is 15.2. The van der Waals surface area contributed by atoms with Crippen LogP contribution in [0.2, 0.25) is 0 Å². The highest BCUT2D eigenvalue weighted by atomic mass is 16.6. The van der Waals surface area contributed by atoms with Gasteiger partial charge in [0.05, 0.1) is 0 Å². The number of ether oxygens (including phenoxy) is 3. The molecule has 2 aromatic rings. The van der Waals surface area contributed by atoms with Gasteiger partial charge in [-0.25, -0.2) is 4.79 Å². The van der Waals surface area contributed by atoms with Crippen LogP contribution in [0.15, 0.2) is 42.5 Å². The second kappa shape index (κ2) is 11.1. The van der Waals surface area contributed by atoms with Crippen molar-refractivity contribution in [2.75, 3.05) is 19.8 Å². The van der Waals surface area contributed by atoms with Gasteiger partial charge in [0.25, 0.3) is 0 Å². The standard InChI is InChI=1S/C17H16O4.C3H8O.H2O/c1-12-5-7-13(8-6-12)11-21-17(18)14-3-2-4-15-16(14)20-10-9-19-15;1-2-3-4;/h2-8H,9-11H2,1H3;4H,2-3H2,1H3;1H2. The molecule has 0 radical (unpaired) electrons. The molecule has 2 aromatic carbocycles. The first kappa shape index (κ1) is 21.5. The summed E-state index contributed by atoms with van der Waals surface area (Å²) in [5.74, 6) is 0.654. The van der Waals surface area contributed by atoms with E-state index in [1.165, 1.54) is 5.56 Å². The molecule has 0 aromatic heterocycles. The maximum absolute atomic E-state index is 12.2. The normalized spacial score (nSPS) is 11.5. The molecular formula is C20H26O6. The minimum absolute atomic E-state index is 0. The number of aliphatic hydroxyl groups excluding tert-OH is 1. The summed E-state index contributed by atoms with van der Waals surface area (Å²) in [5.41, 5.74) is 2.53. The summed E-state index contributed by atoms with van der Waals surface area (Å²) in [6, 6.07) is 13.1. The van der Waals surface area contributed by atoms with Gasteiger partial charge in [0.2, 0.25) is 0 Å². The Morgan fingerprint density at radius 2 is 1.77 bits per heavy atom. The molecule has 1 aliphatic heterocycles. The Kier molecular flexibility index (Phi) is 9.19. The van der Waals surface area contributed by atoms with E-state index >= 15 is 0 Å². The molecule has 1 aliphatic rings. The van der Waals surface area contributed by atoms with E-state index in [0.29, 0.717) is 36.9 Å². The van der Waals surface area contributed by atoms with Crippen molar-refractivity contribution in [1.82, 2.24) is 0 Å². The highest BCUT2D eigenvalue weighted by molar-refractivity contribution is 5.93. The van der Waals surface area contributed by atoms with Crippen LogP contribution in [0.4, 0.5) is 0 Å². The van der Waals surface area contributed by atoms with Gasteiger partial charge in [-0.05, 0) is 31.0 Å². The monoisotopic (exact) mass is 362 g/mol. The molecule has 26 heavy (non-hydrogen) atoms. The van der Waals surface area contributed by atoms with E-state index in [9.17, 15) is 4.79 Å². The van der Waals surface area contributed by atoms with E-state index in [1.54, 1.807) is 18.2 Å². The summed E-state index contributed by atoms with van der Waals surface area (Å²) in [6.45, 7) is 5.44. The Hall–Kier alpha value is -2.57. The van der Waals surface area contributed by atoms with Crippen LogP contribution in [0.3, 0.4) is 0 Å². The van der Waals surface area contributed by atoms with E-state index in [2.05, 4.69) is 0 Å². The lowest BCUT2D eigenvalue weighted by Gasteiger charge is -2.20. The number of carbonyl (C=O) groups is 1. The van der Waals surface area contributed by atoms with Crippen molar-refractivity contribution in [2.45, 2.75) is 26.9 Å². The van der Waals surface area contributed by atoms with E-state index in [-0.39, 0.29) is 12.1 Å². The lowest BCUT2D eigenvalue weighted by Crippen LogP contribution is -2.18. The largest absolute Gasteiger partial charge is 0.486 e. The van der Waals surface area contributed by atoms with Crippen LogP contribution < -0.4 is 9.47 Å². The summed E-state index contributed by atoms with van der Waals surface area (Å²) >= 11 is 0. The van der Waals surface area contributed by atoms with Gasteiger partial charge in [0.1, 0.15) is 25.4 Å². The van der Waals surface area contributed by atoms with E-state index in [1.807, 2.05) is 38.1 Å². The van der Waals surface area contributed by atoms with Gasteiger partial charge in [-0.1, -0.05) is 42.8 Å². The van der Waals surface area contributed by atoms with Crippen LogP contribution in [0, 0.1) is 6.92 Å². The molecule has 0 bridgehead atoms. The first-order chi connectivity index (χ1) is 12.2. The Bertz CT molecular complexity index is 679. The molecule has 0 spiro atoms. The van der Waals surface area contributed by atoms with Crippen molar-refractivity contribution in [1.29, 1.82) is 0 Å². The number of carbonyl (C=O) groups excluding carboxylic acids is 1. The number of aryl methyl sites for hydroxylation is 1. The number of rotatable bonds is 4. The third kappa shape index (κ3) is 6.06. The van der Waals surface area contributed by atoms with Crippen LogP contribution >= 0.6 is 0 Å². The van der Waals surface area contributed by atoms with Gasteiger partial charge < -0.3 is 24.8 Å². The topological polar surface area (TPSA) is 96.5 Å². The van der Waals surface area contributed by atoms with Gasteiger partial charge in [0.15, 0.2) is 11.5 Å². The molecule has 6 nitrogen and oxygen atoms in total. The number of hydrogen-bond donors (Lipinski definition) is 1. The third-order valence-electron chi connectivity index (χ3n) is 3.50. The molecule has 6 heteroatoms. The number of hydrogen-bond acceptors (Lipinski definition) is 5. The third-order valence-corrected chi connectivity index (χ3v) is 3.50. The molecule has 3 N–H and O–H groups in total. The van der Waals surface area contributed by atoms with Crippen molar-refractivity contribution in [3.63, 3.8) is 0 Å². The molecule has 3 rings (SSSR count). The average Bonchev–Trinajstić information content (AvgIpc) is 2.67. The first-order valence-corrected chi connectivity index (χ1v) is 8.37. The van der Waals surface area contributed by atoms with Gasteiger partial charge in [-0.3, -0.25) is 0 Å². The maximum atomic E-state index is 12.2. The predicted octanol–water partition coefficient (Wildman–Crippen LogP) is 2.69. The second-order valence-electron chi connectivity index (χ2n) is 5.62. The Morgan fingerprint density at radius 3 is 2.42 bits per heavy atom. The molecule has 0 fully saturated rings. The van der Waals surface area contributed by atoms with Crippen LogP contribution in [-0.4, -0.2) is 36.4 Å². The molecule has 0 saturated heterocycles. The van der Waals surface area contributed by atoms with Crippen molar-refractivity contribution < 1.29 is 29.6 Å². The summed E-state index contributed by atoms with van der Waals surface area (Å²) in [7, 11) is 0. The maximum Gasteiger partial charge on any atom is 0.342 e. The van der Waals surface area contributed by atoms with E-state index in [4.69, 9.17) is 19.3 Å². The van der Waals surface area contributed by atoms with Crippen LogP contribution in [0.5, 0.6) is 11.5 Å². The van der Waals surface area contributed by atoms with Gasteiger partial charge in [0, 0.05) is 6.61 Å². The quantitative estimate of drug-likeness (QED) is 0.844. The highest BCUT2D eigenvalue weighted by Crippen LogP contribution is 2.34. The average molecular weight is 362 g/mol. The number of benzene rings is 2. The highest BCUT2D eigenvalue weighted by Gasteiger charge is 2.21. The van der Waals surface area contributed by atoms with E-state index < -0.39 is 5.97 Å². The van der Waals surface area contributed by atoms with Crippen LogP contribution in [0.25, 0.3) is 0 Å². The Balaban J connectivity index is 0.000000616. The fourth-order valence-corrected chi connectivity index (χ4v) is 2.15. The Morgan fingerprint density at radius 1 is 1.12 bits per heavy atom. The van der Waals surface area contributed by atoms with Crippen molar-refractivity contribution in [3.05, 3.63) is 59.2 Å². The fourth-order valence-electron chi connectivity index (χ4n) is 2.15. The summed E-state index contributed by atoms with van der Waals surface area (Å²) in [5, 5.41) is 7.88. The lowest BCUT2D eigenvalue weighted by molar-refractivity contribution is 0.0463. The van der Waals surface area contributed by atoms with Crippen molar-refractivity contribution >= 4 is 5.97 Å². The molecular weight excluding hydrogens is 336 g/mol. The van der Waals surface area contributed by atoms with Crippen LogP contribution in [0.1, 0.15) is 34.8 Å². The van der Waals surface area contributed by atoms with Gasteiger partial charge >= 0.3 is 5.97 Å². The Labute approximate surface area is 153 Å². The minimum Gasteiger partial charge on any atom is -0.486 e. The van der Waals surface area contributed by atoms with E-state index in [0.717, 1.165) is 12.0 Å². The zero-order valence-corrected chi connectivity index (χ0v) is 15.2. The summed E-state index contributed by atoms with van der Waals surface area (Å²) < 4.78 is 16.3. The predicted molar refractivity (Wildman–Crippen MR) is 98.7 cm³/mol. The number of aliphatic hydroxyl groups is 1. The molecule has 0 aliphatic carbocycles. The van der Waals surface area contributed by atoms with Crippen molar-refractivity contribution in [2.24, 2.45) is 0 Å². The lowest BCUT2D eigenvalue weighted by atomic mass is 10.1.